The molecule has 1 amide bonds. The number of aryl methyl sites for hydroxylation is 1. The molecular weight excluding hydrogens is 443 g/mol. The van der Waals surface area contributed by atoms with Crippen LogP contribution in [0.3, 0.4) is 0 Å². The Hall–Kier alpha value is -4.33. The average Bonchev–Trinajstić information content (AvgIpc) is 3.34. The minimum absolute atomic E-state index is 0.0377. The van der Waals surface area contributed by atoms with Gasteiger partial charge in [-0.05, 0) is 42.8 Å². The first-order valence-corrected chi connectivity index (χ1v) is 11.6. The van der Waals surface area contributed by atoms with Crippen molar-refractivity contribution in [1.82, 2.24) is 24.5 Å². The molecule has 2 aromatic heterocycles. The summed E-state index contributed by atoms with van der Waals surface area (Å²) < 4.78 is 16.6. The average molecular weight is 467 g/mol. The smallest absolute Gasteiger partial charge is 0.254 e. The number of rotatable bonds is 3. The second-order valence-electron chi connectivity index (χ2n) is 8.69. The number of para-hydroxylation sites is 1. The zero-order valence-corrected chi connectivity index (χ0v) is 19.2. The highest BCUT2D eigenvalue weighted by atomic mass is 19.1. The number of fused-ring (bicyclic) bond motifs is 3. The first-order chi connectivity index (χ1) is 17.1. The highest BCUT2D eigenvalue weighted by Crippen LogP contribution is 2.30. The summed E-state index contributed by atoms with van der Waals surface area (Å²) in [5.74, 6) is 0.722. The maximum Gasteiger partial charge on any atom is 0.254 e. The highest BCUT2D eigenvalue weighted by molar-refractivity contribution is 5.96. The molecule has 35 heavy (non-hydrogen) atoms. The monoisotopic (exact) mass is 466 g/mol. The summed E-state index contributed by atoms with van der Waals surface area (Å²) in [7, 11) is 0. The lowest BCUT2D eigenvalue weighted by atomic mass is 10.1. The standard InChI is InChI=1S/C27H23FN6O/c1-18-8-2-3-9-19(18)26(35)32-14-16-33(17-15-32)27-29-23-13-7-5-11-21(23)25-31-30-24(34(25)27)20-10-4-6-12-22(20)28/h2-13H,14-17H2,1H3. The van der Waals surface area contributed by atoms with Crippen molar-refractivity contribution in [3.8, 4) is 11.4 Å². The quantitative estimate of drug-likeness (QED) is 0.395. The molecule has 3 heterocycles. The highest BCUT2D eigenvalue weighted by Gasteiger charge is 2.27. The Balaban J connectivity index is 1.40. The van der Waals surface area contributed by atoms with E-state index in [4.69, 9.17) is 4.98 Å². The first-order valence-electron chi connectivity index (χ1n) is 11.6. The maximum absolute atomic E-state index is 14.7. The molecular formula is C27H23FN6O. The van der Waals surface area contributed by atoms with Crippen molar-refractivity contribution < 1.29 is 9.18 Å². The van der Waals surface area contributed by atoms with Crippen LogP contribution in [-0.4, -0.2) is 56.6 Å². The van der Waals surface area contributed by atoms with E-state index < -0.39 is 0 Å². The zero-order chi connectivity index (χ0) is 23.9. The minimum atomic E-state index is -0.366. The topological polar surface area (TPSA) is 66.6 Å². The molecule has 1 aliphatic heterocycles. The number of anilines is 1. The van der Waals surface area contributed by atoms with E-state index >= 15 is 0 Å². The van der Waals surface area contributed by atoms with Gasteiger partial charge in [-0.2, -0.15) is 0 Å². The molecule has 0 bridgehead atoms. The number of hydrogen-bond donors (Lipinski definition) is 0. The number of piperazine rings is 1. The number of nitrogens with zero attached hydrogens (tertiary/aromatic N) is 6. The molecule has 1 fully saturated rings. The summed E-state index contributed by atoms with van der Waals surface area (Å²) in [5.41, 5.74) is 3.49. The molecule has 1 saturated heterocycles. The van der Waals surface area contributed by atoms with Gasteiger partial charge in [0.2, 0.25) is 5.95 Å². The van der Waals surface area contributed by atoms with E-state index in [1.165, 1.54) is 6.07 Å². The molecule has 0 saturated carbocycles. The van der Waals surface area contributed by atoms with Gasteiger partial charge < -0.3 is 9.80 Å². The molecule has 0 radical (unpaired) electrons. The summed E-state index contributed by atoms with van der Waals surface area (Å²) in [6.45, 7) is 4.25. The van der Waals surface area contributed by atoms with E-state index in [-0.39, 0.29) is 11.7 Å². The van der Waals surface area contributed by atoms with Crippen LogP contribution in [0.2, 0.25) is 0 Å². The Bertz CT molecular complexity index is 1570. The second kappa shape index (κ2) is 8.47. The molecule has 0 spiro atoms. The molecule has 1 aliphatic rings. The van der Waals surface area contributed by atoms with E-state index in [1.54, 1.807) is 18.2 Å². The molecule has 0 N–H and O–H groups in total. The Morgan fingerprint density at radius 2 is 1.57 bits per heavy atom. The number of benzene rings is 3. The molecule has 7 nitrogen and oxygen atoms in total. The lowest BCUT2D eigenvalue weighted by Gasteiger charge is -2.36. The van der Waals surface area contributed by atoms with Crippen LogP contribution >= 0.6 is 0 Å². The predicted molar refractivity (Wildman–Crippen MR) is 133 cm³/mol. The van der Waals surface area contributed by atoms with Crippen molar-refractivity contribution >= 4 is 28.4 Å². The molecule has 8 heteroatoms. The summed E-state index contributed by atoms with van der Waals surface area (Å²) in [5, 5.41) is 9.64. The molecule has 5 aromatic rings. The summed E-state index contributed by atoms with van der Waals surface area (Å²) >= 11 is 0. The van der Waals surface area contributed by atoms with Crippen molar-refractivity contribution in [1.29, 1.82) is 0 Å². The molecule has 0 unspecified atom stereocenters. The van der Waals surface area contributed by atoms with Crippen LogP contribution in [-0.2, 0) is 0 Å². The fourth-order valence-corrected chi connectivity index (χ4v) is 4.69. The Morgan fingerprint density at radius 3 is 2.37 bits per heavy atom. The van der Waals surface area contributed by atoms with Crippen LogP contribution in [0.1, 0.15) is 15.9 Å². The van der Waals surface area contributed by atoms with Gasteiger partial charge in [-0.1, -0.05) is 42.5 Å². The Kier molecular flexibility index (Phi) is 5.13. The van der Waals surface area contributed by atoms with Crippen molar-refractivity contribution in [2.75, 3.05) is 31.1 Å². The summed E-state index contributed by atoms with van der Waals surface area (Å²) in [4.78, 5) is 22.0. The van der Waals surface area contributed by atoms with Crippen LogP contribution in [0, 0.1) is 12.7 Å². The van der Waals surface area contributed by atoms with Crippen LogP contribution in [0.5, 0.6) is 0 Å². The van der Waals surface area contributed by atoms with Crippen molar-refractivity contribution in [2.24, 2.45) is 0 Å². The van der Waals surface area contributed by atoms with Crippen LogP contribution in [0.15, 0.2) is 72.8 Å². The normalized spacial score (nSPS) is 14.1. The number of hydrogen-bond acceptors (Lipinski definition) is 5. The van der Waals surface area contributed by atoms with Gasteiger partial charge in [0.1, 0.15) is 5.82 Å². The lowest BCUT2D eigenvalue weighted by Crippen LogP contribution is -2.49. The molecule has 3 aromatic carbocycles. The Labute approximate surface area is 201 Å². The third-order valence-corrected chi connectivity index (χ3v) is 6.57. The van der Waals surface area contributed by atoms with Crippen LogP contribution in [0.25, 0.3) is 27.9 Å². The van der Waals surface area contributed by atoms with E-state index in [1.807, 2.05) is 64.8 Å². The summed E-state index contributed by atoms with van der Waals surface area (Å²) in [6.07, 6.45) is 0. The maximum atomic E-state index is 14.7. The fourth-order valence-electron chi connectivity index (χ4n) is 4.69. The van der Waals surface area contributed by atoms with Crippen molar-refractivity contribution in [2.45, 2.75) is 6.92 Å². The number of carbonyl (C=O) groups is 1. The van der Waals surface area contributed by atoms with Gasteiger partial charge in [0.25, 0.3) is 5.91 Å². The van der Waals surface area contributed by atoms with E-state index in [9.17, 15) is 9.18 Å². The van der Waals surface area contributed by atoms with E-state index in [0.717, 1.165) is 22.0 Å². The third-order valence-electron chi connectivity index (χ3n) is 6.57. The van der Waals surface area contributed by atoms with Crippen molar-refractivity contribution in [3.05, 3.63) is 89.7 Å². The molecule has 0 atom stereocenters. The minimum Gasteiger partial charge on any atom is -0.338 e. The molecule has 174 valence electrons. The van der Waals surface area contributed by atoms with Gasteiger partial charge >= 0.3 is 0 Å². The molecule has 0 aliphatic carbocycles. The van der Waals surface area contributed by atoms with E-state index in [0.29, 0.717) is 49.2 Å². The molecule has 6 rings (SSSR count). The van der Waals surface area contributed by atoms with E-state index in [2.05, 4.69) is 15.1 Å². The van der Waals surface area contributed by atoms with Gasteiger partial charge in [-0.3, -0.25) is 4.79 Å². The van der Waals surface area contributed by atoms with Gasteiger partial charge in [0.05, 0.1) is 11.1 Å². The van der Waals surface area contributed by atoms with Gasteiger partial charge in [-0.15, -0.1) is 10.2 Å². The SMILES string of the molecule is Cc1ccccc1C(=O)N1CCN(c2nc3ccccc3c3nnc(-c4ccccc4F)n23)CC1. The predicted octanol–water partition coefficient (Wildman–Crippen LogP) is 4.35. The third kappa shape index (κ3) is 3.58. The summed E-state index contributed by atoms with van der Waals surface area (Å²) in [6, 6.07) is 21.9. The van der Waals surface area contributed by atoms with Gasteiger partial charge in [0.15, 0.2) is 11.5 Å². The second-order valence-corrected chi connectivity index (χ2v) is 8.69. The number of halogens is 1. The lowest BCUT2D eigenvalue weighted by molar-refractivity contribution is 0.0745. The van der Waals surface area contributed by atoms with Crippen LogP contribution < -0.4 is 4.90 Å². The number of aromatic nitrogens is 4. The number of carbonyl (C=O) groups excluding carboxylic acids is 1. The van der Waals surface area contributed by atoms with Gasteiger partial charge in [-0.25, -0.2) is 13.8 Å². The number of amides is 1. The van der Waals surface area contributed by atoms with Crippen molar-refractivity contribution in [3.63, 3.8) is 0 Å². The fraction of sp³-hybridized carbons (Fsp3) is 0.185. The zero-order valence-electron chi connectivity index (χ0n) is 19.2. The first kappa shape index (κ1) is 21.2. The largest absolute Gasteiger partial charge is 0.338 e. The Morgan fingerprint density at radius 1 is 0.857 bits per heavy atom. The van der Waals surface area contributed by atoms with Gasteiger partial charge in [0, 0.05) is 37.1 Å². The van der Waals surface area contributed by atoms with Crippen LogP contribution in [0.4, 0.5) is 10.3 Å².